The molecular weight excluding hydrogens is 298 g/mol. The van der Waals surface area contributed by atoms with E-state index in [0.717, 1.165) is 4.57 Å². The second-order valence-electron chi connectivity index (χ2n) is 4.32. The monoisotopic (exact) mass is 309 g/mol. The Kier molecular flexibility index (Phi) is 4.23. The van der Waals surface area contributed by atoms with E-state index in [0.29, 0.717) is 5.69 Å². The van der Waals surface area contributed by atoms with Crippen LogP contribution in [-0.2, 0) is 25.4 Å². The Morgan fingerprint density at radius 3 is 2.62 bits per heavy atom. The average molecular weight is 310 g/mol. The Balaban J connectivity index is 2.17. The fraction of sp³-hybridized carbons (Fsp3) is 0.231. The Morgan fingerprint density at radius 1 is 1.29 bits per heavy atom. The van der Waals surface area contributed by atoms with Crippen LogP contribution in [0.4, 0.5) is 0 Å². The normalized spacial score (nSPS) is 10.4. The SMILES string of the molecule is Cn1c(COC(=O)c2ccc(Cl)nc2)cc(=O)n(C)c1=O. The van der Waals surface area contributed by atoms with Gasteiger partial charge in [-0.25, -0.2) is 14.6 Å². The van der Waals surface area contributed by atoms with Crippen LogP contribution < -0.4 is 11.2 Å². The van der Waals surface area contributed by atoms with Crippen molar-refractivity contribution < 1.29 is 9.53 Å². The van der Waals surface area contributed by atoms with Gasteiger partial charge in [-0.05, 0) is 12.1 Å². The third-order valence-corrected chi connectivity index (χ3v) is 3.16. The van der Waals surface area contributed by atoms with Gasteiger partial charge in [0.15, 0.2) is 0 Å². The van der Waals surface area contributed by atoms with Gasteiger partial charge in [0.25, 0.3) is 5.56 Å². The maximum Gasteiger partial charge on any atom is 0.340 e. The third-order valence-electron chi connectivity index (χ3n) is 2.94. The molecule has 0 aliphatic carbocycles. The van der Waals surface area contributed by atoms with Gasteiger partial charge in [-0.2, -0.15) is 0 Å². The van der Waals surface area contributed by atoms with E-state index in [4.69, 9.17) is 16.3 Å². The fourth-order valence-electron chi connectivity index (χ4n) is 1.64. The minimum absolute atomic E-state index is 0.191. The molecule has 2 rings (SSSR count). The smallest absolute Gasteiger partial charge is 0.340 e. The topological polar surface area (TPSA) is 83.2 Å². The quantitative estimate of drug-likeness (QED) is 0.608. The van der Waals surface area contributed by atoms with E-state index in [9.17, 15) is 14.4 Å². The molecule has 2 aromatic heterocycles. The molecule has 0 spiro atoms. The maximum absolute atomic E-state index is 11.8. The van der Waals surface area contributed by atoms with Crippen LogP contribution in [0, 0.1) is 0 Å². The lowest BCUT2D eigenvalue weighted by Gasteiger charge is -2.10. The number of nitrogens with zero attached hydrogens (tertiary/aromatic N) is 3. The van der Waals surface area contributed by atoms with Gasteiger partial charge in [0, 0.05) is 26.4 Å². The van der Waals surface area contributed by atoms with Crippen LogP contribution in [0.1, 0.15) is 16.1 Å². The number of carbonyl (C=O) groups excluding carboxylic acids is 1. The van der Waals surface area contributed by atoms with Crippen LogP contribution in [0.3, 0.4) is 0 Å². The second kappa shape index (κ2) is 5.92. The van der Waals surface area contributed by atoms with Crippen molar-refractivity contribution >= 4 is 17.6 Å². The van der Waals surface area contributed by atoms with E-state index < -0.39 is 17.2 Å². The Hall–Kier alpha value is -2.41. The summed E-state index contributed by atoms with van der Waals surface area (Å²) >= 11 is 5.62. The zero-order valence-electron chi connectivity index (χ0n) is 11.4. The zero-order valence-corrected chi connectivity index (χ0v) is 12.1. The molecule has 2 heterocycles. The lowest BCUT2D eigenvalue weighted by atomic mass is 10.3. The highest BCUT2D eigenvalue weighted by Crippen LogP contribution is 2.07. The van der Waals surface area contributed by atoms with Crippen molar-refractivity contribution in [3.05, 3.63) is 61.6 Å². The molecular formula is C13H12ClN3O4. The first kappa shape index (κ1) is 15.0. The second-order valence-corrected chi connectivity index (χ2v) is 4.71. The Bertz CT molecular complexity index is 793. The molecule has 8 heteroatoms. The van der Waals surface area contributed by atoms with Gasteiger partial charge in [-0.15, -0.1) is 0 Å². The minimum Gasteiger partial charge on any atom is -0.456 e. The summed E-state index contributed by atoms with van der Waals surface area (Å²) in [5, 5.41) is 0.264. The van der Waals surface area contributed by atoms with Gasteiger partial charge in [0.1, 0.15) is 11.8 Å². The van der Waals surface area contributed by atoms with E-state index in [-0.39, 0.29) is 17.3 Å². The molecule has 0 amide bonds. The lowest BCUT2D eigenvalue weighted by molar-refractivity contribution is 0.0462. The van der Waals surface area contributed by atoms with Crippen molar-refractivity contribution in [1.82, 2.24) is 14.1 Å². The summed E-state index contributed by atoms with van der Waals surface area (Å²) in [4.78, 5) is 38.8. The molecule has 0 aliphatic heterocycles. The van der Waals surface area contributed by atoms with Gasteiger partial charge in [0.05, 0.1) is 11.3 Å². The van der Waals surface area contributed by atoms with E-state index >= 15 is 0 Å². The van der Waals surface area contributed by atoms with E-state index in [2.05, 4.69) is 4.98 Å². The van der Waals surface area contributed by atoms with Crippen molar-refractivity contribution in [2.45, 2.75) is 6.61 Å². The number of rotatable bonds is 3. The number of carbonyl (C=O) groups is 1. The van der Waals surface area contributed by atoms with E-state index in [1.165, 1.54) is 43.1 Å². The number of halogens is 1. The molecule has 110 valence electrons. The van der Waals surface area contributed by atoms with Crippen molar-refractivity contribution in [2.75, 3.05) is 0 Å². The van der Waals surface area contributed by atoms with Crippen LogP contribution in [0.15, 0.2) is 34.0 Å². The van der Waals surface area contributed by atoms with Gasteiger partial charge < -0.3 is 4.74 Å². The molecule has 7 nitrogen and oxygen atoms in total. The Labute approximate surface area is 124 Å². The molecule has 0 radical (unpaired) electrons. The lowest BCUT2D eigenvalue weighted by Crippen LogP contribution is -2.38. The fourth-order valence-corrected chi connectivity index (χ4v) is 1.75. The first-order valence-corrected chi connectivity index (χ1v) is 6.32. The number of aromatic nitrogens is 3. The molecule has 0 fully saturated rings. The molecule has 2 aromatic rings. The predicted octanol–water partition coefficient (Wildman–Crippen LogP) is 0.489. The van der Waals surface area contributed by atoms with Gasteiger partial charge in [-0.1, -0.05) is 11.6 Å². The van der Waals surface area contributed by atoms with Gasteiger partial charge >= 0.3 is 11.7 Å². The van der Waals surface area contributed by atoms with E-state index in [1.54, 1.807) is 0 Å². The van der Waals surface area contributed by atoms with Crippen LogP contribution >= 0.6 is 11.6 Å². The summed E-state index contributed by atoms with van der Waals surface area (Å²) in [5.41, 5.74) is -0.411. The summed E-state index contributed by atoms with van der Waals surface area (Å²) in [6, 6.07) is 4.18. The number of hydrogen-bond donors (Lipinski definition) is 0. The number of esters is 1. The minimum atomic E-state index is -0.618. The Morgan fingerprint density at radius 2 is 2.00 bits per heavy atom. The van der Waals surface area contributed by atoms with Crippen molar-refractivity contribution in [2.24, 2.45) is 14.1 Å². The van der Waals surface area contributed by atoms with Crippen LogP contribution in [0.25, 0.3) is 0 Å². The van der Waals surface area contributed by atoms with E-state index in [1.807, 2.05) is 0 Å². The zero-order chi connectivity index (χ0) is 15.6. The van der Waals surface area contributed by atoms with Crippen molar-refractivity contribution in [3.8, 4) is 0 Å². The molecule has 21 heavy (non-hydrogen) atoms. The molecule has 0 bridgehead atoms. The maximum atomic E-state index is 11.8. The largest absolute Gasteiger partial charge is 0.456 e. The molecule has 0 atom stereocenters. The average Bonchev–Trinajstić information content (AvgIpc) is 2.48. The third kappa shape index (κ3) is 3.19. The standard InChI is InChI=1S/C13H12ClN3O4/c1-16-9(5-11(18)17(2)13(16)20)7-21-12(19)8-3-4-10(14)15-6-8/h3-6H,7H2,1-2H3. The molecule has 0 aliphatic rings. The summed E-state index contributed by atoms with van der Waals surface area (Å²) < 4.78 is 7.27. The van der Waals surface area contributed by atoms with Crippen molar-refractivity contribution in [3.63, 3.8) is 0 Å². The highest BCUT2D eigenvalue weighted by Gasteiger charge is 2.11. The summed E-state index contributed by atoms with van der Waals surface area (Å²) in [7, 11) is 2.87. The molecule has 0 saturated heterocycles. The predicted molar refractivity (Wildman–Crippen MR) is 75.3 cm³/mol. The molecule has 0 unspecified atom stereocenters. The van der Waals surface area contributed by atoms with Crippen LogP contribution in [-0.4, -0.2) is 20.1 Å². The molecule has 0 saturated carbocycles. The van der Waals surface area contributed by atoms with Crippen LogP contribution in [0.2, 0.25) is 5.15 Å². The van der Waals surface area contributed by atoms with Gasteiger partial charge in [-0.3, -0.25) is 13.9 Å². The first-order chi connectivity index (χ1) is 9.90. The number of ether oxygens (including phenoxy) is 1. The first-order valence-electron chi connectivity index (χ1n) is 5.95. The highest BCUT2D eigenvalue weighted by atomic mass is 35.5. The molecule has 0 aromatic carbocycles. The summed E-state index contributed by atoms with van der Waals surface area (Å²) in [6.07, 6.45) is 1.29. The summed E-state index contributed by atoms with van der Waals surface area (Å²) in [6.45, 7) is -0.191. The van der Waals surface area contributed by atoms with Crippen molar-refractivity contribution in [1.29, 1.82) is 0 Å². The van der Waals surface area contributed by atoms with Crippen LogP contribution in [0.5, 0.6) is 0 Å². The number of pyridine rings is 1. The molecule has 0 N–H and O–H groups in total. The number of hydrogen-bond acceptors (Lipinski definition) is 5. The summed E-state index contributed by atoms with van der Waals surface area (Å²) in [5.74, 6) is -0.618. The highest BCUT2D eigenvalue weighted by molar-refractivity contribution is 6.29. The van der Waals surface area contributed by atoms with Gasteiger partial charge in [0.2, 0.25) is 0 Å².